The van der Waals surface area contributed by atoms with Crippen LogP contribution in [0.5, 0.6) is 5.75 Å². The van der Waals surface area contributed by atoms with Crippen molar-refractivity contribution in [3.05, 3.63) is 24.3 Å². The molecule has 0 atom stereocenters. The fourth-order valence-corrected chi connectivity index (χ4v) is 3.18. The Kier molecular flexibility index (Phi) is 6.60. The molecule has 1 aromatic carbocycles. The first-order chi connectivity index (χ1) is 9.91. The fourth-order valence-electron chi connectivity index (χ4n) is 1.70. The van der Waals surface area contributed by atoms with E-state index in [1.807, 2.05) is 0 Å². The van der Waals surface area contributed by atoms with E-state index in [4.69, 9.17) is 14.9 Å². The van der Waals surface area contributed by atoms with Crippen LogP contribution in [-0.4, -0.2) is 55.2 Å². The first-order valence-electron chi connectivity index (χ1n) is 6.47. The van der Waals surface area contributed by atoms with Crippen LogP contribution >= 0.6 is 0 Å². The molecule has 0 aliphatic heterocycles. The molecule has 0 saturated heterocycles. The second-order valence-electron chi connectivity index (χ2n) is 4.23. The van der Waals surface area contributed by atoms with Gasteiger partial charge in [0.2, 0.25) is 10.0 Å². The van der Waals surface area contributed by atoms with Crippen molar-refractivity contribution in [1.82, 2.24) is 4.31 Å². The lowest BCUT2D eigenvalue weighted by Crippen LogP contribution is -2.32. The van der Waals surface area contributed by atoms with Gasteiger partial charge in [-0.05, 0) is 30.7 Å². The predicted octanol–water partition coefficient (Wildman–Crippen LogP) is 0.543. The van der Waals surface area contributed by atoms with Crippen LogP contribution in [0.3, 0.4) is 0 Å². The molecule has 0 saturated carbocycles. The molecular weight excluding hydrogens is 298 g/mol. The molecule has 0 aromatic heterocycles. The Morgan fingerprint density at radius 3 is 2.38 bits per heavy atom. The number of carboxylic acids is 1. The molecule has 118 valence electrons. The van der Waals surface area contributed by atoms with E-state index < -0.39 is 22.6 Å². The Morgan fingerprint density at radius 2 is 1.90 bits per heavy atom. The van der Waals surface area contributed by atoms with E-state index in [1.54, 1.807) is 6.92 Å². The predicted molar refractivity (Wildman–Crippen MR) is 75.7 cm³/mol. The maximum atomic E-state index is 12.4. The minimum absolute atomic E-state index is 0.0754. The van der Waals surface area contributed by atoms with Crippen molar-refractivity contribution in [2.75, 3.05) is 26.3 Å². The van der Waals surface area contributed by atoms with Gasteiger partial charge in [0.1, 0.15) is 5.75 Å². The van der Waals surface area contributed by atoms with E-state index >= 15 is 0 Å². The van der Waals surface area contributed by atoms with E-state index in [1.165, 1.54) is 28.6 Å². The van der Waals surface area contributed by atoms with E-state index in [-0.39, 0.29) is 23.8 Å². The third-order valence-electron chi connectivity index (χ3n) is 2.74. The highest BCUT2D eigenvalue weighted by Gasteiger charge is 2.22. The van der Waals surface area contributed by atoms with E-state index in [0.29, 0.717) is 13.0 Å². The Bertz CT molecular complexity index is 555. The molecule has 21 heavy (non-hydrogen) atoms. The molecule has 0 radical (unpaired) electrons. The minimum atomic E-state index is -3.62. The van der Waals surface area contributed by atoms with Gasteiger partial charge < -0.3 is 14.9 Å². The highest BCUT2D eigenvalue weighted by molar-refractivity contribution is 7.89. The van der Waals surface area contributed by atoms with Gasteiger partial charge in [-0.3, -0.25) is 0 Å². The van der Waals surface area contributed by atoms with Crippen LogP contribution in [0.2, 0.25) is 0 Å². The highest BCUT2D eigenvalue weighted by Crippen LogP contribution is 2.19. The molecule has 1 rings (SSSR count). The maximum Gasteiger partial charge on any atom is 0.341 e. The molecule has 0 unspecified atom stereocenters. The van der Waals surface area contributed by atoms with Gasteiger partial charge in [0.25, 0.3) is 0 Å². The number of rotatable bonds is 9. The number of aliphatic hydroxyl groups excluding tert-OH is 1. The number of sulfonamides is 1. The first kappa shape index (κ1) is 17.4. The van der Waals surface area contributed by atoms with E-state index in [0.717, 1.165) is 0 Å². The Morgan fingerprint density at radius 1 is 1.29 bits per heavy atom. The topological polar surface area (TPSA) is 104 Å². The normalized spacial score (nSPS) is 11.6. The summed E-state index contributed by atoms with van der Waals surface area (Å²) in [5.74, 6) is -0.817. The van der Waals surface area contributed by atoms with Gasteiger partial charge in [0.15, 0.2) is 6.61 Å². The van der Waals surface area contributed by atoms with Crippen LogP contribution in [0.4, 0.5) is 0 Å². The SMILES string of the molecule is CCN(CCCO)S(=O)(=O)c1ccc(OCC(=O)O)cc1. The van der Waals surface area contributed by atoms with E-state index in [2.05, 4.69) is 0 Å². The average Bonchev–Trinajstić information content (AvgIpc) is 2.46. The van der Waals surface area contributed by atoms with Crippen molar-refractivity contribution in [1.29, 1.82) is 0 Å². The lowest BCUT2D eigenvalue weighted by Gasteiger charge is -2.20. The molecule has 7 nitrogen and oxygen atoms in total. The molecule has 8 heteroatoms. The molecule has 0 aliphatic carbocycles. The van der Waals surface area contributed by atoms with Crippen molar-refractivity contribution < 1.29 is 28.2 Å². The molecule has 0 aliphatic rings. The van der Waals surface area contributed by atoms with Crippen LogP contribution < -0.4 is 4.74 Å². The summed E-state index contributed by atoms with van der Waals surface area (Å²) in [5.41, 5.74) is 0. The second kappa shape index (κ2) is 7.96. The molecule has 0 fully saturated rings. The van der Waals surface area contributed by atoms with Crippen LogP contribution in [0.1, 0.15) is 13.3 Å². The van der Waals surface area contributed by atoms with Crippen molar-refractivity contribution >= 4 is 16.0 Å². The average molecular weight is 317 g/mol. The lowest BCUT2D eigenvalue weighted by molar-refractivity contribution is -0.139. The smallest absolute Gasteiger partial charge is 0.341 e. The lowest BCUT2D eigenvalue weighted by atomic mass is 10.3. The zero-order valence-electron chi connectivity index (χ0n) is 11.7. The summed E-state index contributed by atoms with van der Waals surface area (Å²) in [4.78, 5) is 10.5. The number of benzene rings is 1. The van der Waals surface area contributed by atoms with E-state index in [9.17, 15) is 13.2 Å². The fraction of sp³-hybridized carbons (Fsp3) is 0.462. The number of aliphatic carboxylic acids is 1. The van der Waals surface area contributed by atoms with Crippen molar-refractivity contribution in [2.45, 2.75) is 18.2 Å². The summed E-state index contributed by atoms with van der Waals surface area (Å²) < 4.78 is 30.9. The third kappa shape index (κ3) is 5.00. The van der Waals surface area contributed by atoms with Gasteiger partial charge in [-0.15, -0.1) is 0 Å². The highest BCUT2D eigenvalue weighted by atomic mass is 32.2. The van der Waals surface area contributed by atoms with Crippen molar-refractivity contribution in [3.63, 3.8) is 0 Å². The molecule has 1 aromatic rings. The number of carbonyl (C=O) groups is 1. The minimum Gasteiger partial charge on any atom is -0.482 e. The van der Waals surface area contributed by atoms with Gasteiger partial charge in [-0.2, -0.15) is 4.31 Å². The Hall–Kier alpha value is -1.64. The number of ether oxygens (including phenoxy) is 1. The molecule has 2 N–H and O–H groups in total. The van der Waals surface area contributed by atoms with Gasteiger partial charge >= 0.3 is 5.97 Å². The summed E-state index contributed by atoms with van der Waals surface area (Å²) >= 11 is 0. The first-order valence-corrected chi connectivity index (χ1v) is 7.91. The molecule has 0 amide bonds. The summed E-state index contributed by atoms with van der Waals surface area (Å²) in [6.45, 7) is 1.71. The standard InChI is InChI=1S/C13H19NO6S/c1-2-14(8-3-9-15)21(18,19)12-6-4-11(5-7-12)20-10-13(16)17/h4-7,15H,2-3,8-10H2,1H3,(H,16,17). The van der Waals surface area contributed by atoms with Crippen molar-refractivity contribution in [2.24, 2.45) is 0 Å². The largest absolute Gasteiger partial charge is 0.482 e. The molecule has 0 bridgehead atoms. The van der Waals surface area contributed by atoms with Crippen LogP contribution in [0.25, 0.3) is 0 Å². The van der Waals surface area contributed by atoms with Crippen LogP contribution in [-0.2, 0) is 14.8 Å². The summed E-state index contributed by atoms with van der Waals surface area (Å²) in [7, 11) is -3.62. The molecular formula is C13H19NO6S. The van der Waals surface area contributed by atoms with Crippen LogP contribution in [0.15, 0.2) is 29.2 Å². The Balaban J connectivity index is 2.85. The summed E-state index contributed by atoms with van der Waals surface area (Å²) in [6, 6.07) is 5.56. The Labute approximate surface area is 123 Å². The number of carboxylic acid groups (broad SMARTS) is 1. The monoisotopic (exact) mass is 317 g/mol. The number of nitrogens with zero attached hydrogens (tertiary/aromatic N) is 1. The third-order valence-corrected chi connectivity index (χ3v) is 4.73. The second-order valence-corrected chi connectivity index (χ2v) is 6.17. The van der Waals surface area contributed by atoms with Gasteiger partial charge in [0, 0.05) is 19.7 Å². The summed E-state index contributed by atoms with van der Waals surface area (Å²) in [5, 5.41) is 17.3. The zero-order valence-corrected chi connectivity index (χ0v) is 12.5. The maximum absolute atomic E-state index is 12.4. The summed E-state index contributed by atoms with van der Waals surface area (Å²) in [6.07, 6.45) is 0.368. The van der Waals surface area contributed by atoms with Gasteiger partial charge in [0.05, 0.1) is 4.90 Å². The zero-order chi connectivity index (χ0) is 15.9. The van der Waals surface area contributed by atoms with Gasteiger partial charge in [-0.25, -0.2) is 13.2 Å². The number of aliphatic hydroxyl groups is 1. The number of hydrogen-bond acceptors (Lipinski definition) is 5. The quantitative estimate of drug-likeness (QED) is 0.689. The molecule has 0 heterocycles. The molecule has 0 spiro atoms. The van der Waals surface area contributed by atoms with Crippen molar-refractivity contribution in [3.8, 4) is 5.75 Å². The van der Waals surface area contributed by atoms with Gasteiger partial charge in [-0.1, -0.05) is 6.92 Å². The number of hydrogen-bond donors (Lipinski definition) is 2. The van der Waals surface area contributed by atoms with Crippen LogP contribution in [0, 0.1) is 0 Å².